The Labute approximate surface area is 114 Å². The van der Waals surface area contributed by atoms with Gasteiger partial charge in [0.05, 0.1) is 6.04 Å². The first kappa shape index (κ1) is 12.2. The van der Waals surface area contributed by atoms with Crippen LogP contribution in [0.3, 0.4) is 0 Å². The molecular formula is C17H19NO. The van der Waals surface area contributed by atoms with Gasteiger partial charge in [-0.25, -0.2) is 0 Å². The summed E-state index contributed by atoms with van der Waals surface area (Å²) < 4.78 is 6.23. The fourth-order valence-electron chi connectivity index (χ4n) is 2.78. The normalized spacial score (nSPS) is 21.4. The van der Waals surface area contributed by atoms with Crippen LogP contribution in [0.4, 0.5) is 0 Å². The van der Waals surface area contributed by atoms with E-state index in [9.17, 15) is 0 Å². The van der Waals surface area contributed by atoms with Gasteiger partial charge in [0.25, 0.3) is 0 Å². The maximum Gasteiger partial charge on any atom is 0.140 e. The van der Waals surface area contributed by atoms with Gasteiger partial charge in [-0.3, -0.25) is 0 Å². The van der Waals surface area contributed by atoms with Crippen molar-refractivity contribution >= 4 is 0 Å². The fraction of sp³-hybridized carbons (Fsp3) is 0.294. The Kier molecular flexibility index (Phi) is 3.26. The van der Waals surface area contributed by atoms with Crippen molar-refractivity contribution in [1.29, 1.82) is 0 Å². The summed E-state index contributed by atoms with van der Waals surface area (Å²) in [6.45, 7) is 0. The highest BCUT2D eigenvalue weighted by Gasteiger charge is 2.35. The third-order valence-electron chi connectivity index (χ3n) is 3.81. The molecule has 0 aliphatic heterocycles. The lowest BCUT2D eigenvalue weighted by atomic mass is 10.1. The zero-order valence-electron chi connectivity index (χ0n) is 11.4. The summed E-state index contributed by atoms with van der Waals surface area (Å²) in [5.74, 6) is 0.941. The second-order valence-corrected chi connectivity index (χ2v) is 5.29. The topological polar surface area (TPSA) is 12.5 Å². The van der Waals surface area contributed by atoms with Crippen LogP contribution in [-0.4, -0.2) is 25.0 Å². The molecule has 0 radical (unpaired) electrons. The number of fused-ring (bicyclic) bond motifs is 1. The first-order valence-electron chi connectivity index (χ1n) is 6.71. The van der Waals surface area contributed by atoms with Crippen LogP contribution < -0.4 is 4.74 Å². The maximum absolute atomic E-state index is 6.23. The molecule has 0 aromatic heterocycles. The third kappa shape index (κ3) is 2.36. The first-order valence-corrected chi connectivity index (χ1v) is 6.71. The van der Waals surface area contributed by atoms with Crippen LogP contribution in [0.25, 0.3) is 0 Å². The van der Waals surface area contributed by atoms with E-state index < -0.39 is 0 Å². The van der Waals surface area contributed by atoms with Gasteiger partial charge in [-0.05, 0) is 43.8 Å². The van der Waals surface area contributed by atoms with Crippen molar-refractivity contribution in [2.24, 2.45) is 0 Å². The van der Waals surface area contributed by atoms with E-state index >= 15 is 0 Å². The van der Waals surface area contributed by atoms with E-state index in [1.54, 1.807) is 0 Å². The molecule has 0 saturated carbocycles. The van der Waals surface area contributed by atoms with E-state index in [0.717, 1.165) is 12.2 Å². The van der Waals surface area contributed by atoms with Crippen LogP contribution in [0.5, 0.6) is 5.75 Å². The molecule has 1 aliphatic carbocycles. The summed E-state index contributed by atoms with van der Waals surface area (Å²) >= 11 is 0. The Bertz CT molecular complexity index is 550. The molecule has 2 nitrogen and oxygen atoms in total. The molecule has 0 N–H and O–H groups in total. The smallest absolute Gasteiger partial charge is 0.140 e. The van der Waals surface area contributed by atoms with Crippen molar-refractivity contribution in [2.75, 3.05) is 14.1 Å². The number of likely N-dealkylation sites (N-methyl/N-ethyl adjacent to an activating group) is 1. The number of para-hydroxylation sites is 1. The predicted octanol–water partition coefficient (Wildman–Crippen LogP) is 3.29. The van der Waals surface area contributed by atoms with E-state index in [2.05, 4.69) is 43.3 Å². The third-order valence-corrected chi connectivity index (χ3v) is 3.81. The minimum Gasteiger partial charge on any atom is -0.484 e. The maximum atomic E-state index is 6.23. The molecule has 0 unspecified atom stereocenters. The van der Waals surface area contributed by atoms with Gasteiger partial charge in [-0.1, -0.05) is 42.5 Å². The van der Waals surface area contributed by atoms with Crippen molar-refractivity contribution in [1.82, 2.24) is 4.90 Å². The molecule has 3 rings (SSSR count). The molecule has 2 atom stereocenters. The van der Waals surface area contributed by atoms with E-state index in [-0.39, 0.29) is 6.10 Å². The Morgan fingerprint density at radius 2 is 1.63 bits per heavy atom. The SMILES string of the molecule is CN(C)[C@@H]1Cc2ccccc2[C@H]1Oc1ccccc1. The van der Waals surface area contributed by atoms with Crippen LogP contribution in [0.15, 0.2) is 54.6 Å². The molecule has 1 aliphatic rings. The van der Waals surface area contributed by atoms with Crippen LogP contribution in [-0.2, 0) is 6.42 Å². The summed E-state index contributed by atoms with van der Waals surface area (Å²) in [4.78, 5) is 2.26. The lowest BCUT2D eigenvalue weighted by Gasteiger charge is -2.27. The Morgan fingerprint density at radius 3 is 2.37 bits per heavy atom. The van der Waals surface area contributed by atoms with Gasteiger partial charge in [0, 0.05) is 0 Å². The second kappa shape index (κ2) is 5.06. The van der Waals surface area contributed by atoms with Gasteiger partial charge in [0.1, 0.15) is 11.9 Å². The largest absolute Gasteiger partial charge is 0.484 e. The highest BCUT2D eigenvalue weighted by molar-refractivity contribution is 5.37. The minimum absolute atomic E-state index is 0.119. The van der Waals surface area contributed by atoms with Crippen LogP contribution in [0.2, 0.25) is 0 Å². The minimum atomic E-state index is 0.119. The zero-order chi connectivity index (χ0) is 13.2. The van der Waals surface area contributed by atoms with E-state index in [1.807, 2.05) is 30.3 Å². The van der Waals surface area contributed by atoms with Gasteiger partial charge in [-0.2, -0.15) is 0 Å². The molecular weight excluding hydrogens is 234 g/mol. The van der Waals surface area contributed by atoms with Gasteiger partial charge >= 0.3 is 0 Å². The molecule has 19 heavy (non-hydrogen) atoms. The highest BCUT2D eigenvalue weighted by atomic mass is 16.5. The van der Waals surface area contributed by atoms with E-state index in [4.69, 9.17) is 4.74 Å². The number of nitrogens with zero attached hydrogens (tertiary/aromatic N) is 1. The number of hydrogen-bond donors (Lipinski definition) is 0. The van der Waals surface area contributed by atoms with Gasteiger partial charge in [-0.15, -0.1) is 0 Å². The van der Waals surface area contributed by atoms with Crippen LogP contribution in [0, 0.1) is 0 Å². The Morgan fingerprint density at radius 1 is 0.947 bits per heavy atom. The van der Waals surface area contributed by atoms with Crippen molar-refractivity contribution in [2.45, 2.75) is 18.6 Å². The van der Waals surface area contributed by atoms with Gasteiger partial charge < -0.3 is 9.64 Å². The van der Waals surface area contributed by atoms with E-state index in [0.29, 0.717) is 6.04 Å². The fourth-order valence-corrected chi connectivity index (χ4v) is 2.78. The molecule has 0 bridgehead atoms. The number of ether oxygens (including phenoxy) is 1. The molecule has 0 amide bonds. The first-order chi connectivity index (χ1) is 9.25. The van der Waals surface area contributed by atoms with Crippen molar-refractivity contribution in [3.05, 3.63) is 65.7 Å². The summed E-state index contributed by atoms with van der Waals surface area (Å²) in [5, 5.41) is 0. The van der Waals surface area contributed by atoms with Crippen molar-refractivity contribution in [3.8, 4) is 5.75 Å². The van der Waals surface area contributed by atoms with Crippen LogP contribution >= 0.6 is 0 Å². The molecule has 0 spiro atoms. The summed E-state index contributed by atoms with van der Waals surface area (Å²) in [5.41, 5.74) is 2.73. The molecule has 2 aromatic rings. The quantitative estimate of drug-likeness (QED) is 0.832. The Balaban J connectivity index is 1.92. The summed E-state index contributed by atoms with van der Waals surface area (Å²) in [6.07, 6.45) is 1.18. The molecule has 0 saturated heterocycles. The molecule has 98 valence electrons. The molecule has 0 fully saturated rings. The standard InChI is InChI=1S/C17H19NO/c1-18(2)16-12-13-8-6-7-11-15(13)17(16)19-14-9-4-3-5-10-14/h3-11,16-17H,12H2,1-2H3/t16-,17-/m1/s1. The molecule has 2 aromatic carbocycles. The monoisotopic (exact) mass is 253 g/mol. The Hall–Kier alpha value is -1.80. The number of rotatable bonds is 3. The van der Waals surface area contributed by atoms with Gasteiger partial charge in [0.15, 0.2) is 0 Å². The highest BCUT2D eigenvalue weighted by Crippen LogP contribution is 2.36. The number of hydrogen-bond acceptors (Lipinski definition) is 2. The van der Waals surface area contributed by atoms with Crippen molar-refractivity contribution in [3.63, 3.8) is 0 Å². The lowest BCUT2D eigenvalue weighted by molar-refractivity contribution is 0.111. The summed E-state index contributed by atoms with van der Waals surface area (Å²) in [6, 6.07) is 19.1. The molecule has 2 heteroatoms. The van der Waals surface area contributed by atoms with Crippen LogP contribution in [0.1, 0.15) is 17.2 Å². The lowest BCUT2D eigenvalue weighted by Crippen LogP contribution is -2.34. The van der Waals surface area contributed by atoms with Gasteiger partial charge in [0.2, 0.25) is 0 Å². The van der Waals surface area contributed by atoms with Crippen molar-refractivity contribution < 1.29 is 4.74 Å². The average Bonchev–Trinajstić information content (AvgIpc) is 2.79. The zero-order valence-corrected chi connectivity index (χ0v) is 11.4. The van der Waals surface area contributed by atoms with E-state index in [1.165, 1.54) is 11.1 Å². The predicted molar refractivity (Wildman–Crippen MR) is 77.4 cm³/mol. The average molecular weight is 253 g/mol. The summed E-state index contributed by atoms with van der Waals surface area (Å²) in [7, 11) is 4.25. The second-order valence-electron chi connectivity index (χ2n) is 5.29. The molecule has 0 heterocycles. The number of benzene rings is 2.